The number of hydrogen-bond donors (Lipinski definition) is 1. The van der Waals surface area contributed by atoms with E-state index in [9.17, 15) is 0 Å². The Morgan fingerprint density at radius 1 is 1.31 bits per heavy atom. The van der Waals surface area contributed by atoms with Gasteiger partial charge in [-0.3, -0.25) is 0 Å². The lowest BCUT2D eigenvalue weighted by Crippen LogP contribution is -2.24. The van der Waals surface area contributed by atoms with Gasteiger partial charge in [0.15, 0.2) is 0 Å². The predicted molar refractivity (Wildman–Crippen MR) is 69.2 cm³/mol. The number of nitrogens with one attached hydrogen (secondary N) is 1. The first-order chi connectivity index (χ1) is 7.44. The number of ether oxygens (including phenoxy) is 1. The molecule has 0 fully saturated rings. The summed E-state index contributed by atoms with van der Waals surface area (Å²) in [6.07, 6.45) is 0. The van der Waals surface area contributed by atoms with E-state index in [0.29, 0.717) is 0 Å². The standard InChI is InChI=1S/C13H20ClNO/c1-5-15-9-10-11(14)7-6-8-12(10)16-13(2,3)4/h6-8,15H,5,9H2,1-4H3. The molecule has 3 heteroatoms. The van der Waals surface area contributed by atoms with Crippen LogP contribution in [0.2, 0.25) is 5.02 Å². The van der Waals surface area contributed by atoms with E-state index in [1.807, 2.05) is 39.0 Å². The minimum absolute atomic E-state index is 0.203. The number of benzene rings is 1. The van der Waals surface area contributed by atoms with Crippen molar-refractivity contribution in [3.8, 4) is 5.75 Å². The minimum atomic E-state index is -0.203. The quantitative estimate of drug-likeness (QED) is 0.869. The zero-order valence-electron chi connectivity index (χ0n) is 10.4. The first-order valence-electron chi connectivity index (χ1n) is 5.61. The van der Waals surface area contributed by atoms with Gasteiger partial charge in [0.25, 0.3) is 0 Å². The van der Waals surface area contributed by atoms with Crippen molar-refractivity contribution in [1.82, 2.24) is 5.32 Å². The van der Waals surface area contributed by atoms with Crippen LogP contribution in [0.5, 0.6) is 5.75 Å². The van der Waals surface area contributed by atoms with Crippen molar-refractivity contribution in [3.05, 3.63) is 28.8 Å². The van der Waals surface area contributed by atoms with Gasteiger partial charge < -0.3 is 10.1 Å². The lowest BCUT2D eigenvalue weighted by atomic mass is 10.1. The van der Waals surface area contributed by atoms with Gasteiger partial charge in [0.1, 0.15) is 11.4 Å². The van der Waals surface area contributed by atoms with Crippen LogP contribution in [0.15, 0.2) is 18.2 Å². The van der Waals surface area contributed by atoms with Gasteiger partial charge >= 0.3 is 0 Å². The molecule has 0 saturated carbocycles. The van der Waals surface area contributed by atoms with Gasteiger partial charge in [0.2, 0.25) is 0 Å². The average Bonchev–Trinajstić information content (AvgIpc) is 2.14. The summed E-state index contributed by atoms with van der Waals surface area (Å²) < 4.78 is 5.89. The monoisotopic (exact) mass is 241 g/mol. The molecule has 1 aromatic rings. The molecule has 0 heterocycles. The van der Waals surface area contributed by atoms with Gasteiger partial charge in [-0.15, -0.1) is 0 Å². The van der Waals surface area contributed by atoms with E-state index in [1.165, 1.54) is 0 Å². The molecule has 0 aliphatic carbocycles. The summed E-state index contributed by atoms with van der Waals surface area (Å²) in [5, 5.41) is 4.02. The first-order valence-corrected chi connectivity index (χ1v) is 5.99. The second-order valence-electron chi connectivity index (χ2n) is 4.71. The summed E-state index contributed by atoms with van der Waals surface area (Å²) in [4.78, 5) is 0. The second-order valence-corrected chi connectivity index (χ2v) is 5.12. The lowest BCUT2D eigenvalue weighted by molar-refractivity contribution is 0.129. The van der Waals surface area contributed by atoms with E-state index in [0.717, 1.165) is 29.4 Å². The highest BCUT2D eigenvalue weighted by Gasteiger charge is 2.15. The van der Waals surface area contributed by atoms with Crippen LogP contribution >= 0.6 is 11.6 Å². The van der Waals surface area contributed by atoms with Crippen molar-refractivity contribution in [2.75, 3.05) is 6.54 Å². The normalized spacial score (nSPS) is 11.6. The van der Waals surface area contributed by atoms with E-state index in [-0.39, 0.29) is 5.60 Å². The molecule has 1 aromatic carbocycles. The third kappa shape index (κ3) is 4.03. The lowest BCUT2D eigenvalue weighted by Gasteiger charge is -2.23. The third-order valence-corrected chi connectivity index (χ3v) is 2.40. The van der Waals surface area contributed by atoms with E-state index >= 15 is 0 Å². The van der Waals surface area contributed by atoms with Gasteiger partial charge in [0, 0.05) is 17.1 Å². The Balaban J connectivity index is 2.93. The van der Waals surface area contributed by atoms with E-state index in [4.69, 9.17) is 16.3 Å². The molecule has 0 bridgehead atoms. The predicted octanol–water partition coefficient (Wildman–Crippen LogP) is 3.63. The summed E-state index contributed by atoms with van der Waals surface area (Å²) >= 11 is 6.17. The minimum Gasteiger partial charge on any atom is -0.488 e. The van der Waals surface area contributed by atoms with Crippen molar-refractivity contribution in [1.29, 1.82) is 0 Å². The van der Waals surface area contributed by atoms with Crippen LogP contribution in [0, 0.1) is 0 Å². The highest BCUT2D eigenvalue weighted by atomic mass is 35.5. The molecule has 2 nitrogen and oxygen atoms in total. The smallest absolute Gasteiger partial charge is 0.126 e. The molecule has 0 saturated heterocycles. The highest BCUT2D eigenvalue weighted by molar-refractivity contribution is 6.31. The maximum Gasteiger partial charge on any atom is 0.126 e. The van der Waals surface area contributed by atoms with Crippen molar-refractivity contribution in [2.45, 2.75) is 39.8 Å². The number of halogens is 1. The Bertz CT molecular complexity index is 344. The van der Waals surface area contributed by atoms with Crippen molar-refractivity contribution in [3.63, 3.8) is 0 Å². The Morgan fingerprint density at radius 3 is 2.56 bits per heavy atom. The van der Waals surface area contributed by atoms with Crippen molar-refractivity contribution in [2.24, 2.45) is 0 Å². The summed E-state index contributed by atoms with van der Waals surface area (Å²) in [6.45, 7) is 9.82. The average molecular weight is 242 g/mol. The van der Waals surface area contributed by atoms with Crippen molar-refractivity contribution >= 4 is 11.6 Å². The fourth-order valence-corrected chi connectivity index (χ4v) is 1.62. The van der Waals surface area contributed by atoms with Gasteiger partial charge in [-0.05, 0) is 39.4 Å². The Morgan fingerprint density at radius 2 is 2.00 bits per heavy atom. The van der Waals surface area contributed by atoms with Crippen LogP contribution in [-0.2, 0) is 6.54 Å². The van der Waals surface area contributed by atoms with E-state index in [1.54, 1.807) is 0 Å². The van der Waals surface area contributed by atoms with E-state index < -0.39 is 0 Å². The molecule has 0 spiro atoms. The van der Waals surface area contributed by atoms with Gasteiger partial charge in [0.05, 0.1) is 0 Å². The largest absolute Gasteiger partial charge is 0.488 e. The zero-order valence-corrected chi connectivity index (χ0v) is 11.2. The molecular formula is C13H20ClNO. The van der Waals surface area contributed by atoms with Crippen molar-refractivity contribution < 1.29 is 4.74 Å². The van der Waals surface area contributed by atoms with Crippen LogP contribution in [0.3, 0.4) is 0 Å². The molecule has 0 unspecified atom stereocenters. The molecular weight excluding hydrogens is 222 g/mol. The maximum absolute atomic E-state index is 6.17. The van der Waals surface area contributed by atoms with Gasteiger partial charge in [-0.25, -0.2) is 0 Å². The number of rotatable bonds is 4. The summed E-state index contributed by atoms with van der Waals surface area (Å²) in [6, 6.07) is 5.77. The molecule has 0 atom stereocenters. The molecule has 1 rings (SSSR count). The van der Waals surface area contributed by atoms with Crippen LogP contribution in [0.4, 0.5) is 0 Å². The van der Waals surface area contributed by atoms with E-state index in [2.05, 4.69) is 12.2 Å². The van der Waals surface area contributed by atoms with Crippen LogP contribution in [0.25, 0.3) is 0 Å². The Labute approximate surface area is 103 Å². The second kappa shape index (κ2) is 5.55. The molecule has 90 valence electrons. The topological polar surface area (TPSA) is 21.3 Å². The fraction of sp³-hybridized carbons (Fsp3) is 0.538. The molecule has 0 aromatic heterocycles. The van der Waals surface area contributed by atoms with Crippen LogP contribution in [-0.4, -0.2) is 12.1 Å². The number of hydrogen-bond acceptors (Lipinski definition) is 2. The maximum atomic E-state index is 6.17. The molecule has 0 aliphatic rings. The third-order valence-electron chi connectivity index (χ3n) is 2.04. The molecule has 0 aliphatic heterocycles. The summed E-state index contributed by atoms with van der Waals surface area (Å²) in [5.74, 6) is 0.862. The first kappa shape index (κ1) is 13.3. The summed E-state index contributed by atoms with van der Waals surface area (Å²) in [7, 11) is 0. The van der Waals surface area contributed by atoms with Crippen LogP contribution < -0.4 is 10.1 Å². The molecule has 0 radical (unpaired) electrons. The van der Waals surface area contributed by atoms with Gasteiger partial charge in [-0.2, -0.15) is 0 Å². The molecule has 1 N–H and O–H groups in total. The fourth-order valence-electron chi connectivity index (χ4n) is 1.39. The SMILES string of the molecule is CCNCc1c(Cl)cccc1OC(C)(C)C. The summed E-state index contributed by atoms with van der Waals surface area (Å²) in [5.41, 5.74) is 0.826. The zero-order chi connectivity index (χ0) is 12.2. The highest BCUT2D eigenvalue weighted by Crippen LogP contribution is 2.29. The van der Waals surface area contributed by atoms with Gasteiger partial charge in [-0.1, -0.05) is 24.6 Å². The van der Waals surface area contributed by atoms with Crippen LogP contribution in [0.1, 0.15) is 33.3 Å². The molecule has 0 amide bonds. The molecule has 16 heavy (non-hydrogen) atoms. The Kier molecular flexibility index (Phi) is 4.63. The Hall–Kier alpha value is -0.730.